The smallest absolute Gasteiger partial charge is 0.296 e. The second-order valence-corrected chi connectivity index (χ2v) is 12.2. The van der Waals surface area contributed by atoms with Gasteiger partial charge in [-0.2, -0.15) is 31.8 Å². The van der Waals surface area contributed by atoms with Gasteiger partial charge in [0.15, 0.2) is 11.6 Å². The summed E-state index contributed by atoms with van der Waals surface area (Å²) >= 11 is 11.6. The first-order valence-corrected chi connectivity index (χ1v) is 14.9. The predicted molar refractivity (Wildman–Crippen MR) is 146 cm³/mol. The number of nitrogens with zero attached hydrogens (tertiary/aromatic N) is 3. The maximum Gasteiger partial charge on any atom is 0.296 e. The van der Waals surface area contributed by atoms with Crippen LogP contribution in [0.25, 0.3) is 0 Å². The van der Waals surface area contributed by atoms with E-state index in [4.69, 9.17) is 28.9 Å². The molecule has 2 atom stereocenters. The van der Waals surface area contributed by atoms with Crippen molar-refractivity contribution < 1.29 is 35.5 Å². The summed E-state index contributed by atoms with van der Waals surface area (Å²) in [7, 11) is -9.75. The zero-order chi connectivity index (χ0) is 29.9. The maximum absolute atomic E-state index is 13.6. The van der Waals surface area contributed by atoms with Crippen LogP contribution in [-0.2, 0) is 20.2 Å². The molecule has 2 aliphatic rings. The number of anilines is 3. The summed E-state index contributed by atoms with van der Waals surface area (Å²) < 4.78 is 68.0. The van der Waals surface area contributed by atoms with Crippen molar-refractivity contribution in [2.24, 2.45) is 17.6 Å². The van der Waals surface area contributed by atoms with Crippen molar-refractivity contribution in [1.82, 2.24) is 15.0 Å². The lowest BCUT2D eigenvalue weighted by atomic mass is 9.69. The number of Topliss-reactive ketones (excluding diaryl/α,β-unsaturated/α-hetero) is 2. The van der Waals surface area contributed by atoms with Crippen LogP contribution in [0.1, 0.15) is 20.7 Å². The highest BCUT2D eigenvalue weighted by molar-refractivity contribution is 7.90. The van der Waals surface area contributed by atoms with Gasteiger partial charge in [-0.1, -0.05) is 24.3 Å². The lowest BCUT2D eigenvalue weighted by Gasteiger charge is -2.36. The van der Waals surface area contributed by atoms with Crippen molar-refractivity contribution in [3.05, 3.63) is 86.5 Å². The Kier molecular flexibility index (Phi) is 7.09. The van der Waals surface area contributed by atoms with E-state index in [0.29, 0.717) is 0 Å². The quantitative estimate of drug-likeness (QED) is 0.244. The molecular formula is C23H16Cl2N6O8S2. The molecule has 0 radical (unpaired) electrons. The summed E-state index contributed by atoms with van der Waals surface area (Å²) in [5.74, 6) is -4.26. The molecule has 41 heavy (non-hydrogen) atoms. The lowest BCUT2D eigenvalue weighted by Crippen LogP contribution is -2.44. The Morgan fingerprint density at radius 2 is 1.39 bits per heavy atom. The van der Waals surface area contributed by atoms with Crippen LogP contribution in [-0.4, -0.2) is 52.5 Å². The standard InChI is InChI=1S/C23H16Cl2N6O8S2/c24-21-29-22(25)31-23(30-21)28-12-7-9(5-6-14(12)40(34,35)36)27-13-8-15(41(37,38)39)18(26)17-16(13)19(32)10-3-1-2-4-11(10)20(17)33/h1-8,16-17,27H,26H2,(H,34,35,36)(H,37,38,39)(H,28,29,30,31). The predicted octanol–water partition coefficient (Wildman–Crippen LogP) is 2.85. The molecule has 18 heteroatoms. The van der Waals surface area contributed by atoms with Crippen molar-refractivity contribution in [3.63, 3.8) is 0 Å². The first kappa shape index (κ1) is 28.6. The van der Waals surface area contributed by atoms with E-state index in [1.54, 1.807) is 6.07 Å². The number of benzene rings is 2. The average Bonchev–Trinajstić information content (AvgIpc) is 2.86. The molecule has 6 N–H and O–H groups in total. The molecule has 2 unspecified atom stereocenters. The number of fused-ring (bicyclic) bond motifs is 2. The second kappa shape index (κ2) is 10.2. The van der Waals surface area contributed by atoms with Crippen LogP contribution in [0.3, 0.4) is 0 Å². The third-order valence-corrected chi connectivity index (χ3v) is 8.41. The number of allylic oxidation sites excluding steroid dienone is 3. The van der Waals surface area contributed by atoms with E-state index in [1.807, 2.05) is 0 Å². The highest BCUT2D eigenvalue weighted by atomic mass is 35.5. The molecule has 5 rings (SSSR count). The first-order chi connectivity index (χ1) is 19.1. The zero-order valence-electron chi connectivity index (χ0n) is 20.1. The summed E-state index contributed by atoms with van der Waals surface area (Å²) in [5.41, 5.74) is 5.27. The minimum atomic E-state index is -4.95. The van der Waals surface area contributed by atoms with E-state index in [0.717, 1.165) is 18.2 Å². The van der Waals surface area contributed by atoms with E-state index >= 15 is 0 Å². The number of rotatable bonds is 6. The Morgan fingerprint density at radius 3 is 1.95 bits per heavy atom. The molecule has 0 amide bonds. The molecule has 0 fully saturated rings. The van der Waals surface area contributed by atoms with Gasteiger partial charge in [0.25, 0.3) is 20.2 Å². The van der Waals surface area contributed by atoms with Crippen LogP contribution in [0, 0.1) is 11.8 Å². The van der Waals surface area contributed by atoms with Crippen LogP contribution in [0.4, 0.5) is 17.3 Å². The summed E-state index contributed by atoms with van der Waals surface area (Å²) in [6.45, 7) is 0. The van der Waals surface area contributed by atoms with Gasteiger partial charge in [-0.15, -0.1) is 0 Å². The number of carbonyl (C=O) groups excluding carboxylic acids is 2. The van der Waals surface area contributed by atoms with Gasteiger partial charge in [0.1, 0.15) is 9.80 Å². The number of hydrogen-bond acceptors (Lipinski definition) is 12. The van der Waals surface area contributed by atoms with Crippen molar-refractivity contribution in [2.75, 3.05) is 10.6 Å². The number of hydrogen-bond donors (Lipinski definition) is 5. The molecule has 14 nitrogen and oxygen atoms in total. The molecule has 0 spiro atoms. The maximum atomic E-state index is 13.6. The number of carbonyl (C=O) groups is 2. The van der Waals surface area contributed by atoms with Gasteiger partial charge in [-0.05, 0) is 47.5 Å². The van der Waals surface area contributed by atoms with Crippen LogP contribution in [0.5, 0.6) is 0 Å². The molecule has 1 heterocycles. The molecule has 2 aromatic carbocycles. The monoisotopic (exact) mass is 638 g/mol. The van der Waals surface area contributed by atoms with Crippen LogP contribution in [0.15, 0.2) is 69.7 Å². The largest absolute Gasteiger partial charge is 0.400 e. The fourth-order valence-corrected chi connectivity index (χ4v) is 6.29. The first-order valence-electron chi connectivity index (χ1n) is 11.2. The van der Waals surface area contributed by atoms with E-state index in [-0.39, 0.29) is 44.7 Å². The SMILES string of the molecule is NC1=C(S(=O)(=O)O)C=C(Nc2ccc(S(=O)(=O)O)c(Nc3nc(Cl)nc(Cl)n3)c2)C2C(=O)c3ccccc3C(=O)C12. The molecule has 0 saturated heterocycles. The highest BCUT2D eigenvalue weighted by Gasteiger charge is 2.48. The van der Waals surface area contributed by atoms with Gasteiger partial charge in [0, 0.05) is 28.2 Å². The van der Waals surface area contributed by atoms with Crippen LogP contribution in [0.2, 0.25) is 10.6 Å². The number of nitrogens with two attached hydrogens (primary N) is 1. The number of aromatic nitrogens is 3. The van der Waals surface area contributed by atoms with Gasteiger partial charge < -0.3 is 16.4 Å². The Morgan fingerprint density at radius 1 is 0.805 bits per heavy atom. The van der Waals surface area contributed by atoms with Crippen molar-refractivity contribution in [2.45, 2.75) is 4.90 Å². The van der Waals surface area contributed by atoms with Gasteiger partial charge >= 0.3 is 0 Å². The molecule has 0 aliphatic heterocycles. The van der Waals surface area contributed by atoms with Crippen LogP contribution < -0.4 is 16.4 Å². The van der Waals surface area contributed by atoms with Gasteiger partial charge in [-0.25, -0.2) is 0 Å². The highest BCUT2D eigenvalue weighted by Crippen LogP contribution is 2.43. The van der Waals surface area contributed by atoms with E-state index in [2.05, 4.69) is 25.6 Å². The third-order valence-electron chi connectivity index (χ3n) is 6.25. The molecule has 3 aromatic rings. The summed E-state index contributed by atoms with van der Waals surface area (Å²) in [6, 6.07) is 9.27. The number of halogens is 2. The Balaban J connectivity index is 1.63. The molecular weight excluding hydrogens is 623 g/mol. The third kappa shape index (κ3) is 5.40. The van der Waals surface area contributed by atoms with Crippen molar-refractivity contribution in [3.8, 4) is 0 Å². The van der Waals surface area contributed by atoms with Crippen molar-refractivity contribution in [1.29, 1.82) is 0 Å². The second-order valence-electron chi connectivity index (χ2n) is 8.76. The van der Waals surface area contributed by atoms with Gasteiger partial charge in [0.2, 0.25) is 16.5 Å². The minimum absolute atomic E-state index is 0.0382. The van der Waals surface area contributed by atoms with Crippen LogP contribution >= 0.6 is 23.2 Å². The van der Waals surface area contributed by atoms with E-state index in [9.17, 15) is 35.5 Å². The van der Waals surface area contributed by atoms with Crippen molar-refractivity contribution >= 4 is 72.3 Å². The lowest BCUT2D eigenvalue weighted by molar-refractivity contribution is 0.0785. The normalized spacial score (nSPS) is 18.9. The number of nitrogens with one attached hydrogen (secondary N) is 2. The summed E-state index contributed by atoms with van der Waals surface area (Å²) in [5, 5.41) is 4.72. The summed E-state index contributed by atoms with van der Waals surface area (Å²) in [6.07, 6.45) is 0.917. The molecule has 212 valence electrons. The minimum Gasteiger partial charge on any atom is -0.400 e. The van der Waals surface area contributed by atoms with E-state index < -0.39 is 59.1 Å². The zero-order valence-corrected chi connectivity index (χ0v) is 23.3. The Bertz CT molecular complexity index is 1930. The summed E-state index contributed by atoms with van der Waals surface area (Å²) in [4.78, 5) is 36.7. The fourth-order valence-electron chi connectivity index (χ4n) is 4.60. The number of ketones is 2. The molecule has 0 bridgehead atoms. The Labute approximate surface area is 241 Å². The van der Waals surface area contributed by atoms with E-state index in [1.165, 1.54) is 24.3 Å². The molecule has 2 aliphatic carbocycles. The fraction of sp³-hybridized carbons (Fsp3) is 0.0870. The topological polar surface area (TPSA) is 232 Å². The molecule has 1 aromatic heterocycles. The van der Waals surface area contributed by atoms with Gasteiger partial charge in [0.05, 0.1) is 17.5 Å². The van der Waals surface area contributed by atoms with Gasteiger partial charge in [-0.3, -0.25) is 18.7 Å². The average molecular weight is 639 g/mol. The molecule has 0 saturated carbocycles. The Hall–Kier alpha value is -3.93.